The number of carbonyl (C=O) groups is 1. The van der Waals surface area contributed by atoms with E-state index in [1.54, 1.807) is 6.07 Å². The number of para-hydroxylation sites is 1. The molecule has 0 aromatic heterocycles. The molecule has 0 atom stereocenters. The Morgan fingerprint density at radius 2 is 1.69 bits per heavy atom. The number of hydrogen-bond donors (Lipinski definition) is 0. The minimum atomic E-state index is -0.287. The van der Waals surface area contributed by atoms with E-state index in [0.29, 0.717) is 12.2 Å². The van der Waals surface area contributed by atoms with Gasteiger partial charge in [-0.1, -0.05) is 60.2 Å². The first-order valence-electron chi connectivity index (χ1n) is 11.1. The van der Waals surface area contributed by atoms with Crippen molar-refractivity contribution in [2.45, 2.75) is 26.0 Å². The highest BCUT2D eigenvalue weighted by molar-refractivity contribution is 5.89. The van der Waals surface area contributed by atoms with E-state index in [4.69, 9.17) is 9.47 Å². The lowest BCUT2D eigenvalue weighted by molar-refractivity contribution is 0.0600. The van der Waals surface area contributed by atoms with E-state index in [1.165, 1.54) is 34.9 Å². The average Bonchev–Trinajstić information content (AvgIpc) is 3.01. The van der Waals surface area contributed by atoms with Gasteiger partial charge in [0.05, 0.1) is 12.7 Å². The Labute approximate surface area is 189 Å². The number of piperidine rings is 1. The molecule has 2 aliphatic rings. The SMILES string of the molecule is COC(=O)c1cccc(CN2CCC(=C3c4ccccc4COc4ccccc43)CC2)c1. The van der Waals surface area contributed by atoms with Crippen LogP contribution in [0, 0.1) is 0 Å². The third-order valence-corrected chi connectivity index (χ3v) is 6.39. The Kier molecular flexibility index (Phi) is 5.78. The van der Waals surface area contributed by atoms with Crippen LogP contribution in [-0.4, -0.2) is 31.1 Å². The molecule has 0 spiro atoms. The van der Waals surface area contributed by atoms with Gasteiger partial charge in [0.25, 0.3) is 0 Å². The van der Waals surface area contributed by atoms with Gasteiger partial charge in [0.2, 0.25) is 0 Å². The number of likely N-dealkylation sites (tertiary alicyclic amines) is 1. The van der Waals surface area contributed by atoms with Gasteiger partial charge >= 0.3 is 5.97 Å². The van der Waals surface area contributed by atoms with Gasteiger partial charge in [-0.2, -0.15) is 0 Å². The normalized spacial score (nSPS) is 15.9. The molecule has 2 aliphatic heterocycles. The van der Waals surface area contributed by atoms with Gasteiger partial charge in [-0.25, -0.2) is 4.79 Å². The van der Waals surface area contributed by atoms with E-state index in [1.807, 2.05) is 18.2 Å². The summed E-state index contributed by atoms with van der Waals surface area (Å²) in [7, 11) is 1.42. The number of rotatable bonds is 3. The lowest BCUT2D eigenvalue weighted by Crippen LogP contribution is -2.30. The van der Waals surface area contributed by atoms with Crippen LogP contribution in [0.15, 0.2) is 78.4 Å². The first-order valence-corrected chi connectivity index (χ1v) is 11.1. The van der Waals surface area contributed by atoms with Gasteiger partial charge in [0.1, 0.15) is 12.4 Å². The van der Waals surface area contributed by atoms with E-state index < -0.39 is 0 Å². The quantitative estimate of drug-likeness (QED) is 0.522. The van der Waals surface area contributed by atoms with Gasteiger partial charge in [-0.05, 0) is 53.3 Å². The van der Waals surface area contributed by atoms with Crippen molar-refractivity contribution in [3.8, 4) is 5.75 Å². The third-order valence-electron chi connectivity index (χ3n) is 6.39. The lowest BCUT2D eigenvalue weighted by atomic mass is 9.86. The Morgan fingerprint density at radius 1 is 0.938 bits per heavy atom. The van der Waals surface area contributed by atoms with Gasteiger partial charge in [0.15, 0.2) is 0 Å². The summed E-state index contributed by atoms with van der Waals surface area (Å²) in [5, 5.41) is 0. The van der Waals surface area contributed by atoms with E-state index in [2.05, 4.69) is 53.4 Å². The molecule has 4 heteroatoms. The van der Waals surface area contributed by atoms with E-state index >= 15 is 0 Å². The Morgan fingerprint density at radius 3 is 2.50 bits per heavy atom. The number of ether oxygens (including phenoxy) is 2. The lowest BCUT2D eigenvalue weighted by Gasteiger charge is -2.30. The minimum Gasteiger partial charge on any atom is -0.488 e. The van der Waals surface area contributed by atoms with Crippen molar-refractivity contribution >= 4 is 11.5 Å². The second kappa shape index (κ2) is 9.01. The largest absolute Gasteiger partial charge is 0.488 e. The van der Waals surface area contributed by atoms with Crippen LogP contribution in [0.3, 0.4) is 0 Å². The monoisotopic (exact) mass is 425 g/mol. The van der Waals surface area contributed by atoms with Crippen LogP contribution in [0.25, 0.3) is 5.57 Å². The molecule has 1 fully saturated rings. The zero-order valence-corrected chi connectivity index (χ0v) is 18.3. The maximum absolute atomic E-state index is 11.9. The van der Waals surface area contributed by atoms with Crippen molar-refractivity contribution in [1.29, 1.82) is 0 Å². The second-order valence-corrected chi connectivity index (χ2v) is 8.39. The Hall–Kier alpha value is -3.37. The number of benzene rings is 3. The van der Waals surface area contributed by atoms with Crippen LogP contribution in [0.5, 0.6) is 5.75 Å². The summed E-state index contributed by atoms with van der Waals surface area (Å²) < 4.78 is 11.0. The number of hydrogen-bond acceptors (Lipinski definition) is 4. The molecule has 0 aliphatic carbocycles. The number of esters is 1. The molecule has 162 valence electrons. The van der Waals surface area contributed by atoms with Gasteiger partial charge in [0, 0.05) is 25.2 Å². The van der Waals surface area contributed by atoms with Crippen molar-refractivity contribution in [1.82, 2.24) is 4.90 Å². The van der Waals surface area contributed by atoms with Crippen molar-refractivity contribution in [3.63, 3.8) is 0 Å². The van der Waals surface area contributed by atoms with Crippen molar-refractivity contribution in [3.05, 3.63) is 106 Å². The van der Waals surface area contributed by atoms with Gasteiger partial charge < -0.3 is 9.47 Å². The molecule has 32 heavy (non-hydrogen) atoms. The molecule has 4 nitrogen and oxygen atoms in total. The highest BCUT2D eigenvalue weighted by Crippen LogP contribution is 2.40. The Bertz CT molecular complexity index is 1120. The molecule has 0 unspecified atom stereocenters. The summed E-state index contributed by atoms with van der Waals surface area (Å²) in [5.41, 5.74) is 8.33. The summed E-state index contributed by atoms with van der Waals surface area (Å²) in [6.45, 7) is 3.43. The van der Waals surface area contributed by atoms with Crippen molar-refractivity contribution < 1.29 is 14.3 Å². The molecule has 0 radical (unpaired) electrons. The number of methoxy groups -OCH3 is 1. The van der Waals surface area contributed by atoms with E-state index in [9.17, 15) is 4.79 Å². The van der Waals surface area contributed by atoms with Crippen molar-refractivity contribution in [2.24, 2.45) is 0 Å². The minimum absolute atomic E-state index is 0.287. The second-order valence-electron chi connectivity index (χ2n) is 8.39. The highest BCUT2D eigenvalue weighted by atomic mass is 16.5. The molecule has 0 N–H and O–H groups in total. The molecule has 1 saturated heterocycles. The smallest absolute Gasteiger partial charge is 0.337 e. The maximum Gasteiger partial charge on any atom is 0.337 e. The zero-order chi connectivity index (χ0) is 21.9. The first kappa shape index (κ1) is 20.5. The predicted octanol–water partition coefficient (Wildman–Crippen LogP) is 5.46. The molecular formula is C28H27NO3. The van der Waals surface area contributed by atoms with E-state index in [0.717, 1.165) is 43.8 Å². The third kappa shape index (κ3) is 4.06. The molecule has 0 bridgehead atoms. The fourth-order valence-corrected chi connectivity index (χ4v) is 4.77. The van der Waals surface area contributed by atoms with E-state index in [-0.39, 0.29) is 5.97 Å². The Balaban J connectivity index is 1.40. The summed E-state index contributed by atoms with van der Waals surface area (Å²) in [6, 6.07) is 24.8. The molecular weight excluding hydrogens is 398 g/mol. The first-order chi connectivity index (χ1) is 15.7. The van der Waals surface area contributed by atoms with Crippen molar-refractivity contribution in [2.75, 3.05) is 20.2 Å². The summed E-state index contributed by atoms with van der Waals surface area (Å²) in [6.07, 6.45) is 2.05. The molecule has 0 amide bonds. The summed E-state index contributed by atoms with van der Waals surface area (Å²) in [5.74, 6) is 0.679. The molecule has 0 saturated carbocycles. The van der Waals surface area contributed by atoms with Crippen LogP contribution >= 0.6 is 0 Å². The topological polar surface area (TPSA) is 38.8 Å². The van der Waals surface area contributed by atoms with Crippen LogP contribution in [0.4, 0.5) is 0 Å². The fraction of sp³-hybridized carbons (Fsp3) is 0.250. The average molecular weight is 426 g/mol. The standard InChI is InChI=1S/C28H27NO3/c1-31-28(30)22-9-6-7-20(17-22)18-29-15-13-21(14-16-29)27-24-10-3-2-8-23(24)19-32-26-12-5-4-11-25(26)27/h2-12,17H,13-16,18-19H2,1H3. The zero-order valence-electron chi connectivity index (χ0n) is 18.3. The van der Waals surface area contributed by atoms with Crippen LogP contribution in [0.1, 0.15) is 45.5 Å². The molecule has 5 rings (SSSR count). The van der Waals surface area contributed by atoms with Crippen LogP contribution in [-0.2, 0) is 17.9 Å². The summed E-state index contributed by atoms with van der Waals surface area (Å²) >= 11 is 0. The highest BCUT2D eigenvalue weighted by Gasteiger charge is 2.24. The number of carbonyl (C=O) groups excluding carboxylic acids is 1. The van der Waals surface area contributed by atoms with Crippen LogP contribution < -0.4 is 4.74 Å². The number of fused-ring (bicyclic) bond motifs is 2. The number of nitrogens with zero attached hydrogens (tertiary/aromatic N) is 1. The molecule has 3 aromatic carbocycles. The summed E-state index contributed by atoms with van der Waals surface area (Å²) in [4.78, 5) is 14.3. The van der Waals surface area contributed by atoms with Crippen LogP contribution in [0.2, 0.25) is 0 Å². The fourth-order valence-electron chi connectivity index (χ4n) is 4.77. The maximum atomic E-state index is 11.9. The van der Waals surface area contributed by atoms with Gasteiger partial charge in [-0.3, -0.25) is 4.90 Å². The molecule has 2 heterocycles. The van der Waals surface area contributed by atoms with Gasteiger partial charge in [-0.15, -0.1) is 0 Å². The molecule has 3 aromatic rings. The predicted molar refractivity (Wildman–Crippen MR) is 126 cm³/mol.